The number of hydrogen-bond acceptors (Lipinski definition) is 3. The van der Waals surface area contributed by atoms with Gasteiger partial charge in [-0.25, -0.2) is 0 Å². The standard InChI is InChI=1S/C15H20N2O3/c18-11-13-5-2-1-4-12(13)10-16-14(19)7-9-17-8-3-6-15(17)20/h1-2,4-5,18H,3,6-11H2,(H,16,19). The van der Waals surface area contributed by atoms with E-state index in [2.05, 4.69) is 5.32 Å². The lowest BCUT2D eigenvalue weighted by Crippen LogP contribution is -2.31. The Kier molecular flexibility index (Phi) is 5.12. The van der Waals surface area contributed by atoms with Crippen molar-refractivity contribution < 1.29 is 14.7 Å². The number of amides is 2. The molecule has 108 valence electrons. The van der Waals surface area contributed by atoms with Gasteiger partial charge in [0.05, 0.1) is 6.61 Å². The molecule has 0 radical (unpaired) electrons. The Morgan fingerprint density at radius 2 is 2.05 bits per heavy atom. The summed E-state index contributed by atoms with van der Waals surface area (Å²) in [4.78, 5) is 24.9. The molecule has 2 rings (SSSR count). The third kappa shape index (κ3) is 3.81. The fourth-order valence-corrected chi connectivity index (χ4v) is 2.34. The van der Waals surface area contributed by atoms with Crippen molar-refractivity contribution in [1.82, 2.24) is 10.2 Å². The number of hydrogen-bond donors (Lipinski definition) is 2. The van der Waals surface area contributed by atoms with Crippen LogP contribution in [0.3, 0.4) is 0 Å². The highest BCUT2D eigenvalue weighted by molar-refractivity contribution is 5.80. The van der Waals surface area contributed by atoms with Gasteiger partial charge in [-0.2, -0.15) is 0 Å². The second-order valence-corrected chi connectivity index (χ2v) is 4.94. The van der Waals surface area contributed by atoms with Gasteiger partial charge in [-0.15, -0.1) is 0 Å². The minimum absolute atomic E-state index is 0.0334. The van der Waals surface area contributed by atoms with Crippen LogP contribution in [0.2, 0.25) is 0 Å². The van der Waals surface area contributed by atoms with E-state index in [1.807, 2.05) is 24.3 Å². The maximum absolute atomic E-state index is 11.8. The fourth-order valence-electron chi connectivity index (χ4n) is 2.34. The molecule has 5 heteroatoms. The third-order valence-corrected chi connectivity index (χ3v) is 3.54. The molecule has 1 saturated heterocycles. The van der Waals surface area contributed by atoms with Crippen LogP contribution in [0.25, 0.3) is 0 Å². The van der Waals surface area contributed by atoms with Crippen molar-refractivity contribution in [2.45, 2.75) is 32.4 Å². The van der Waals surface area contributed by atoms with E-state index in [1.165, 1.54) is 0 Å². The number of likely N-dealkylation sites (tertiary alicyclic amines) is 1. The van der Waals surface area contributed by atoms with E-state index in [1.54, 1.807) is 4.90 Å². The number of nitrogens with one attached hydrogen (secondary N) is 1. The molecule has 0 aliphatic carbocycles. The zero-order chi connectivity index (χ0) is 14.4. The van der Waals surface area contributed by atoms with Crippen LogP contribution < -0.4 is 5.32 Å². The summed E-state index contributed by atoms with van der Waals surface area (Å²) in [5, 5.41) is 12.0. The summed E-state index contributed by atoms with van der Waals surface area (Å²) in [5.41, 5.74) is 1.74. The predicted octanol–water partition coefficient (Wildman–Crippen LogP) is 0.808. The van der Waals surface area contributed by atoms with Gasteiger partial charge in [0.1, 0.15) is 0 Å². The number of nitrogens with zero attached hydrogens (tertiary/aromatic N) is 1. The molecule has 1 aliphatic heterocycles. The largest absolute Gasteiger partial charge is 0.392 e. The predicted molar refractivity (Wildman–Crippen MR) is 74.6 cm³/mol. The van der Waals surface area contributed by atoms with Crippen molar-refractivity contribution in [2.75, 3.05) is 13.1 Å². The van der Waals surface area contributed by atoms with Crippen molar-refractivity contribution in [2.24, 2.45) is 0 Å². The number of benzene rings is 1. The van der Waals surface area contributed by atoms with E-state index < -0.39 is 0 Å². The van der Waals surface area contributed by atoms with Gasteiger partial charge in [0.15, 0.2) is 0 Å². The Hall–Kier alpha value is -1.88. The fraction of sp³-hybridized carbons (Fsp3) is 0.467. The summed E-state index contributed by atoms with van der Waals surface area (Å²) < 4.78 is 0. The van der Waals surface area contributed by atoms with Gasteiger partial charge in [0, 0.05) is 32.5 Å². The van der Waals surface area contributed by atoms with Crippen LogP contribution >= 0.6 is 0 Å². The Labute approximate surface area is 118 Å². The molecular weight excluding hydrogens is 256 g/mol. The van der Waals surface area contributed by atoms with Crippen molar-refractivity contribution in [3.05, 3.63) is 35.4 Å². The molecule has 1 aromatic rings. The number of carbonyl (C=O) groups is 2. The first kappa shape index (κ1) is 14.5. The zero-order valence-corrected chi connectivity index (χ0v) is 11.5. The minimum atomic E-state index is -0.0718. The first-order valence-corrected chi connectivity index (χ1v) is 6.93. The van der Waals surface area contributed by atoms with E-state index in [9.17, 15) is 14.7 Å². The van der Waals surface area contributed by atoms with Gasteiger partial charge < -0.3 is 15.3 Å². The van der Waals surface area contributed by atoms with Crippen LogP contribution in [0.5, 0.6) is 0 Å². The summed E-state index contributed by atoms with van der Waals surface area (Å²) >= 11 is 0. The average molecular weight is 276 g/mol. The van der Waals surface area contributed by atoms with Gasteiger partial charge in [0.25, 0.3) is 0 Å². The first-order valence-electron chi connectivity index (χ1n) is 6.93. The molecule has 0 aromatic heterocycles. The van der Waals surface area contributed by atoms with Crippen molar-refractivity contribution in [3.63, 3.8) is 0 Å². The molecular formula is C15H20N2O3. The van der Waals surface area contributed by atoms with Crippen LogP contribution in [-0.2, 0) is 22.7 Å². The molecule has 1 fully saturated rings. The summed E-state index contributed by atoms with van der Waals surface area (Å²) in [6.45, 7) is 1.63. The molecule has 0 atom stereocenters. The van der Waals surface area contributed by atoms with Crippen LogP contribution in [-0.4, -0.2) is 34.9 Å². The minimum Gasteiger partial charge on any atom is -0.392 e. The van der Waals surface area contributed by atoms with Gasteiger partial charge in [-0.3, -0.25) is 9.59 Å². The summed E-state index contributed by atoms with van der Waals surface area (Å²) in [7, 11) is 0. The molecule has 2 amide bonds. The van der Waals surface area contributed by atoms with Gasteiger partial charge >= 0.3 is 0 Å². The SMILES string of the molecule is O=C(CCN1CCCC1=O)NCc1ccccc1CO. The smallest absolute Gasteiger partial charge is 0.222 e. The lowest BCUT2D eigenvalue weighted by atomic mass is 10.1. The van der Waals surface area contributed by atoms with Gasteiger partial charge in [0.2, 0.25) is 11.8 Å². The molecule has 0 saturated carbocycles. The summed E-state index contributed by atoms with van der Waals surface area (Å²) in [5.74, 6) is 0.0702. The van der Waals surface area contributed by atoms with Crippen LogP contribution in [0, 0.1) is 0 Å². The number of aliphatic hydroxyl groups is 1. The molecule has 1 aliphatic rings. The summed E-state index contributed by atoms with van der Waals surface area (Å²) in [6.07, 6.45) is 1.82. The van der Waals surface area contributed by atoms with Crippen LogP contribution in [0.15, 0.2) is 24.3 Å². The van der Waals surface area contributed by atoms with Crippen LogP contribution in [0.1, 0.15) is 30.4 Å². The number of aliphatic hydroxyl groups excluding tert-OH is 1. The van der Waals surface area contributed by atoms with E-state index in [-0.39, 0.29) is 18.4 Å². The lowest BCUT2D eigenvalue weighted by Gasteiger charge is -2.15. The Balaban J connectivity index is 1.76. The molecule has 1 heterocycles. The highest BCUT2D eigenvalue weighted by Crippen LogP contribution is 2.10. The maximum Gasteiger partial charge on any atom is 0.222 e. The Morgan fingerprint density at radius 3 is 2.70 bits per heavy atom. The topological polar surface area (TPSA) is 69.6 Å². The monoisotopic (exact) mass is 276 g/mol. The van der Waals surface area contributed by atoms with Crippen molar-refractivity contribution >= 4 is 11.8 Å². The maximum atomic E-state index is 11.8. The molecule has 0 unspecified atom stereocenters. The second kappa shape index (κ2) is 7.05. The highest BCUT2D eigenvalue weighted by Gasteiger charge is 2.20. The molecule has 1 aromatic carbocycles. The van der Waals surface area contributed by atoms with E-state index in [0.29, 0.717) is 25.9 Å². The lowest BCUT2D eigenvalue weighted by molar-refractivity contribution is -0.128. The molecule has 0 bridgehead atoms. The average Bonchev–Trinajstić information content (AvgIpc) is 2.88. The number of carbonyl (C=O) groups excluding carboxylic acids is 2. The first-order chi connectivity index (χ1) is 9.70. The molecule has 5 nitrogen and oxygen atoms in total. The van der Waals surface area contributed by atoms with Crippen LogP contribution in [0.4, 0.5) is 0 Å². The molecule has 20 heavy (non-hydrogen) atoms. The number of rotatable bonds is 6. The second-order valence-electron chi connectivity index (χ2n) is 4.94. The highest BCUT2D eigenvalue weighted by atomic mass is 16.3. The summed E-state index contributed by atoms with van der Waals surface area (Å²) in [6, 6.07) is 7.46. The Bertz CT molecular complexity index is 488. The third-order valence-electron chi connectivity index (χ3n) is 3.54. The quantitative estimate of drug-likeness (QED) is 0.807. The van der Waals surface area contributed by atoms with Gasteiger partial charge in [-0.05, 0) is 17.5 Å². The molecule has 0 spiro atoms. The van der Waals surface area contributed by atoms with Crippen molar-refractivity contribution in [1.29, 1.82) is 0 Å². The zero-order valence-electron chi connectivity index (χ0n) is 11.5. The normalized spacial score (nSPS) is 14.7. The van der Waals surface area contributed by atoms with E-state index in [4.69, 9.17) is 0 Å². The molecule has 2 N–H and O–H groups in total. The van der Waals surface area contributed by atoms with E-state index >= 15 is 0 Å². The van der Waals surface area contributed by atoms with Gasteiger partial charge in [-0.1, -0.05) is 24.3 Å². The van der Waals surface area contributed by atoms with Crippen molar-refractivity contribution in [3.8, 4) is 0 Å². The van der Waals surface area contributed by atoms with E-state index in [0.717, 1.165) is 24.1 Å². The Morgan fingerprint density at radius 1 is 1.30 bits per heavy atom.